The highest BCUT2D eigenvalue weighted by Gasteiger charge is 2.21. The van der Waals surface area contributed by atoms with E-state index < -0.39 is 18.1 Å². The summed E-state index contributed by atoms with van der Waals surface area (Å²) in [6.45, 7) is 1.42. The molecule has 0 bridgehead atoms. The largest absolute Gasteiger partial charge is 0.467 e. The van der Waals surface area contributed by atoms with Crippen molar-refractivity contribution in [2.24, 2.45) is 5.11 Å². The molecule has 0 rings (SSSR count). The average Bonchev–Trinajstić information content (AvgIpc) is 2.02. The summed E-state index contributed by atoms with van der Waals surface area (Å²) < 4.78 is 4.21. The summed E-state index contributed by atoms with van der Waals surface area (Å²) in [6.07, 6.45) is -1.38. The molecule has 0 aliphatic heterocycles. The third-order valence-electron chi connectivity index (χ3n) is 1.13. The Balaban J connectivity index is 4.11. The SMILES string of the molecule is COC(=O)[C@@H](O)[C@H](C)N=[N+]=[N-]. The van der Waals surface area contributed by atoms with Gasteiger partial charge >= 0.3 is 5.97 Å². The minimum Gasteiger partial charge on any atom is -0.467 e. The molecule has 6 heteroatoms. The monoisotopic (exact) mass is 159 g/mol. The molecule has 6 nitrogen and oxygen atoms in total. The van der Waals surface area contributed by atoms with Gasteiger partial charge in [-0.3, -0.25) is 0 Å². The molecule has 0 aromatic heterocycles. The maximum Gasteiger partial charge on any atom is 0.335 e. The second-order valence-corrected chi connectivity index (χ2v) is 1.91. The first-order chi connectivity index (χ1) is 5.13. The number of azide groups is 1. The van der Waals surface area contributed by atoms with Gasteiger partial charge in [-0.25, -0.2) is 4.79 Å². The summed E-state index contributed by atoms with van der Waals surface area (Å²) in [5.41, 5.74) is 7.94. The maximum atomic E-state index is 10.6. The van der Waals surface area contributed by atoms with Crippen molar-refractivity contribution < 1.29 is 14.6 Å². The summed E-state index contributed by atoms with van der Waals surface area (Å²) >= 11 is 0. The number of esters is 1. The van der Waals surface area contributed by atoms with E-state index in [1.54, 1.807) is 0 Å². The van der Waals surface area contributed by atoms with Crippen molar-refractivity contribution in [3.8, 4) is 0 Å². The Morgan fingerprint density at radius 2 is 2.36 bits per heavy atom. The van der Waals surface area contributed by atoms with Crippen LogP contribution in [-0.2, 0) is 9.53 Å². The summed E-state index contributed by atoms with van der Waals surface area (Å²) in [5, 5.41) is 12.1. The fourth-order valence-corrected chi connectivity index (χ4v) is 0.462. The van der Waals surface area contributed by atoms with E-state index in [0.29, 0.717) is 0 Å². The Kier molecular flexibility index (Phi) is 4.02. The molecule has 62 valence electrons. The van der Waals surface area contributed by atoms with E-state index in [2.05, 4.69) is 14.8 Å². The highest BCUT2D eigenvalue weighted by atomic mass is 16.5. The van der Waals surface area contributed by atoms with Crippen LogP contribution in [0.1, 0.15) is 6.92 Å². The van der Waals surface area contributed by atoms with Crippen LogP contribution in [0.25, 0.3) is 10.4 Å². The molecule has 0 saturated carbocycles. The molecule has 1 N–H and O–H groups in total. The van der Waals surface area contributed by atoms with E-state index in [-0.39, 0.29) is 0 Å². The fraction of sp³-hybridized carbons (Fsp3) is 0.800. The number of aliphatic hydroxyl groups is 1. The van der Waals surface area contributed by atoms with Gasteiger partial charge in [-0.05, 0) is 5.53 Å². The third-order valence-corrected chi connectivity index (χ3v) is 1.13. The van der Waals surface area contributed by atoms with E-state index in [0.717, 1.165) is 7.11 Å². The van der Waals surface area contributed by atoms with Gasteiger partial charge < -0.3 is 9.84 Å². The van der Waals surface area contributed by atoms with Crippen molar-refractivity contribution in [1.29, 1.82) is 0 Å². The molecule has 0 saturated heterocycles. The number of carbonyl (C=O) groups is 1. The van der Waals surface area contributed by atoms with Crippen LogP contribution in [0.15, 0.2) is 5.11 Å². The molecule has 0 fully saturated rings. The highest BCUT2D eigenvalue weighted by Crippen LogP contribution is 1.99. The molecular formula is C5H9N3O3. The van der Waals surface area contributed by atoms with E-state index in [9.17, 15) is 4.79 Å². The molecule has 0 aliphatic carbocycles. The Morgan fingerprint density at radius 3 is 2.73 bits per heavy atom. The molecule has 0 aliphatic rings. The molecule has 0 aromatic rings. The van der Waals surface area contributed by atoms with E-state index in [1.807, 2.05) is 0 Å². The van der Waals surface area contributed by atoms with Gasteiger partial charge in [0.2, 0.25) is 0 Å². The lowest BCUT2D eigenvalue weighted by atomic mass is 10.2. The lowest BCUT2D eigenvalue weighted by Crippen LogP contribution is -2.31. The lowest BCUT2D eigenvalue weighted by Gasteiger charge is -2.10. The average molecular weight is 159 g/mol. The maximum absolute atomic E-state index is 10.6. The molecule has 0 heterocycles. The van der Waals surface area contributed by atoms with Crippen LogP contribution in [0.3, 0.4) is 0 Å². The predicted molar refractivity (Wildman–Crippen MR) is 36.6 cm³/mol. The van der Waals surface area contributed by atoms with E-state index in [4.69, 9.17) is 10.6 Å². The number of nitrogens with zero attached hydrogens (tertiary/aromatic N) is 3. The first kappa shape index (κ1) is 9.74. The number of hydrogen-bond acceptors (Lipinski definition) is 4. The van der Waals surface area contributed by atoms with E-state index in [1.165, 1.54) is 6.92 Å². The number of ether oxygens (including phenoxy) is 1. The zero-order chi connectivity index (χ0) is 8.85. The summed E-state index contributed by atoms with van der Waals surface area (Å²) in [4.78, 5) is 13.0. The van der Waals surface area contributed by atoms with Crippen LogP contribution in [0.4, 0.5) is 0 Å². The van der Waals surface area contributed by atoms with Crippen molar-refractivity contribution in [2.45, 2.75) is 19.1 Å². The smallest absolute Gasteiger partial charge is 0.335 e. The second kappa shape index (κ2) is 4.54. The zero-order valence-corrected chi connectivity index (χ0v) is 6.26. The van der Waals surface area contributed by atoms with Gasteiger partial charge in [0.15, 0.2) is 6.10 Å². The summed E-state index contributed by atoms with van der Waals surface area (Å²) in [5.74, 6) is -0.801. The van der Waals surface area contributed by atoms with Crippen LogP contribution < -0.4 is 0 Å². The number of hydrogen-bond donors (Lipinski definition) is 1. The van der Waals surface area contributed by atoms with Gasteiger partial charge in [-0.2, -0.15) is 0 Å². The van der Waals surface area contributed by atoms with Crippen LogP contribution >= 0.6 is 0 Å². The van der Waals surface area contributed by atoms with Crippen molar-refractivity contribution in [3.05, 3.63) is 10.4 Å². The highest BCUT2D eigenvalue weighted by molar-refractivity contribution is 5.75. The van der Waals surface area contributed by atoms with Crippen molar-refractivity contribution >= 4 is 5.97 Å². The minimum atomic E-state index is -1.38. The van der Waals surface area contributed by atoms with Crippen molar-refractivity contribution in [3.63, 3.8) is 0 Å². The molecule has 0 unspecified atom stereocenters. The number of methoxy groups -OCH3 is 1. The Labute approximate surface area is 63.4 Å². The Bertz CT molecular complexity index is 187. The van der Waals surface area contributed by atoms with Gasteiger partial charge in [0.25, 0.3) is 0 Å². The van der Waals surface area contributed by atoms with Crippen LogP contribution in [0, 0.1) is 0 Å². The van der Waals surface area contributed by atoms with Gasteiger partial charge in [0.05, 0.1) is 13.2 Å². The standard InChI is InChI=1S/C5H9N3O3/c1-3(7-8-6)4(9)5(10)11-2/h3-4,9H,1-2H3/t3-,4-/m0/s1. The van der Waals surface area contributed by atoms with Crippen molar-refractivity contribution in [1.82, 2.24) is 0 Å². The summed E-state index contributed by atoms with van der Waals surface area (Å²) in [7, 11) is 1.15. The summed E-state index contributed by atoms with van der Waals surface area (Å²) in [6, 6.07) is -0.799. The minimum absolute atomic E-state index is 0.799. The Hall–Kier alpha value is -1.26. The molecule has 0 spiro atoms. The van der Waals surface area contributed by atoms with Crippen molar-refractivity contribution in [2.75, 3.05) is 7.11 Å². The number of aliphatic hydroxyl groups excluding tert-OH is 1. The first-order valence-corrected chi connectivity index (χ1v) is 2.93. The molecular weight excluding hydrogens is 150 g/mol. The van der Waals surface area contributed by atoms with Crippen LogP contribution in [0.2, 0.25) is 0 Å². The molecule has 0 aromatic carbocycles. The third kappa shape index (κ3) is 2.88. The van der Waals surface area contributed by atoms with Gasteiger partial charge in [-0.1, -0.05) is 12.0 Å². The topological polar surface area (TPSA) is 95.3 Å². The quantitative estimate of drug-likeness (QED) is 0.276. The van der Waals surface area contributed by atoms with Crippen LogP contribution in [-0.4, -0.2) is 30.3 Å². The molecule has 0 radical (unpaired) electrons. The van der Waals surface area contributed by atoms with Gasteiger partial charge in [0.1, 0.15) is 0 Å². The Morgan fingerprint density at radius 1 is 1.82 bits per heavy atom. The second-order valence-electron chi connectivity index (χ2n) is 1.91. The normalized spacial score (nSPS) is 14.5. The first-order valence-electron chi connectivity index (χ1n) is 2.93. The zero-order valence-electron chi connectivity index (χ0n) is 6.26. The number of carbonyl (C=O) groups excluding carboxylic acids is 1. The fourth-order valence-electron chi connectivity index (χ4n) is 0.462. The predicted octanol–water partition coefficient (Wildman–Crippen LogP) is 0.219. The lowest BCUT2D eigenvalue weighted by molar-refractivity contribution is -0.151. The van der Waals surface area contributed by atoms with E-state index >= 15 is 0 Å². The van der Waals surface area contributed by atoms with Gasteiger partial charge in [-0.15, -0.1) is 0 Å². The molecule has 0 amide bonds. The molecule has 11 heavy (non-hydrogen) atoms. The molecule has 2 atom stereocenters. The van der Waals surface area contributed by atoms with Gasteiger partial charge in [0, 0.05) is 4.91 Å². The van der Waals surface area contributed by atoms with Crippen LogP contribution in [0.5, 0.6) is 0 Å². The number of rotatable bonds is 3.